The van der Waals surface area contributed by atoms with E-state index < -0.39 is 0 Å². The van der Waals surface area contributed by atoms with E-state index in [0.717, 1.165) is 31.5 Å². The van der Waals surface area contributed by atoms with E-state index in [1.54, 1.807) is 12.4 Å². The average molecular weight is 379 g/mol. The molecule has 0 unspecified atom stereocenters. The highest BCUT2D eigenvalue weighted by Crippen LogP contribution is 2.39. The van der Waals surface area contributed by atoms with Crippen LogP contribution in [0.15, 0.2) is 42.7 Å². The Morgan fingerprint density at radius 3 is 2.75 bits per heavy atom. The number of fused-ring (bicyclic) bond motifs is 1. The zero-order valence-electron chi connectivity index (χ0n) is 16.9. The van der Waals surface area contributed by atoms with Crippen LogP contribution in [0.3, 0.4) is 0 Å². The SMILES string of the molecule is Cc1cnc(C(=O)N2[C@H](Cc3ccccc3)C[C@]3(C)NCCCCC[C@H]23)cn1. The number of aromatic nitrogens is 2. The minimum atomic E-state index is -0.0480. The molecule has 1 aromatic carbocycles. The molecule has 4 rings (SSSR count). The van der Waals surface area contributed by atoms with Crippen molar-refractivity contribution in [1.29, 1.82) is 0 Å². The Hall–Kier alpha value is -2.27. The monoisotopic (exact) mass is 378 g/mol. The molecular formula is C23H30N4O. The second-order valence-electron chi connectivity index (χ2n) is 8.51. The van der Waals surface area contributed by atoms with Crippen molar-refractivity contribution in [2.45, 2.75) is 70.0 Å². The number of amides is 1. The first-order chi connectivity index (χ1) is 13.6. The lowest BCUT2D eigenvalue weighted by Crippen LogP contribution is -2.55. The van der Waals surface area contributed by atoms with Crippen LogP contribution in [0.4, 0.5) is 0 Å². The van der Waals surface area contributed by atoms with Crippen LogP contribution in [0.1, 0.15) is 60.8 Å². The van der Waals surface area contributed by atoms with Crippen LogP contribution in [0.25, 0.3) is 0 Å². The molecule has 1 N–H and O–H groups in total. The Morgan fingerprint density at radius 1 is 1.18 bits per heavy atom. The number of nitrogens with zero attached hydrogens (tertiary/aromatic N) is 3. The van der Waals surface area contributed by atoms with Crippen molar-refractivity contribution in [2.24, 2.45) is 0 Å². The van der Waals surface area contributed by atoms with Crippen LogP contribution in [0, 0.1) is 6.92 Å². The number of hydrogen-bond donors (Lipinski definition) is 1. The van der Waals surface area contributed by atoms with Crippen molar-refractivity contribution in [3.05, 3.63) is 59.7 Å². The van der Waals surface area contributed by atoms with Crippen molar-refractivity contribution in [1.82, 2.24) is 20.2 Å². The van der Waals surface area contributed by atoms with Gasteiger partial charge in [-0.2, -0.15) is 0 Å². The molecule has 0 radical (unpaired) electrons. The third-order valence-electron chi connectivity index (χ3n) is 6.36. The summed E-state index contributed by atoms with van der Waals surface area (Å²) in [6, 6.07) is 10.9. The van der Waals surface area contributed by atoms with E-state index >= 15 is 0 Å². The van der Waals surface area contributed by atoms with Gasteiger partial charge in [0.1, 0.15) is 5.69 Å². The van der Waals surface area contributed by atoms with Crippen molar-refractivity contribution in [3.63, 3.8) is 0 Å². The molecule has 2 saturated heterocycles. The van der Waals surface area contributed by atoms with Gasteiger partial charge in [0.25, 0.3) is 5.91 Å². The second-order valence-corrected chi connectivity index (χ2v) is 8.51. The van der Waals surface area contributed by atoms with Crippen LogP contribution in [0.2, 0.25) is 0 Å². The summed E-state index contributed by atoms with van der Waals surface area (Å²) in [5.41, 5.74) is 2.51. The first kappa shape index (κ1) is 19.1. The van der Waals surface area contributed by atoms with E-state index in [-0.39, 0.29) is 23.5 Å². The first-order valence-electron chi connectivity index (χ1n) is 10.5. The molecule has 3 atom stereocenters. The Balaban J connectivity index is 1.67. The molecular weight excluding hydrogens is 348 g/mol. The molecule has 3 heterocycles. The summed E-state index contributed by atoms with van der Waals surface area (Å²) < 4.78 is 0. The van der Waals surface area contributed by atoms with Gasteiger partial charge >= 0.3 is 0 Å². The molecule has 2 aliphatic heterocycles. The Kier molecular flexibility index (Phi) is 5.44. The van der Waals surface area contributed by atoms with Gasteiger partial charge in [-0.15, -0.1) is 0 Å². The van der Waals surface area contributed by atoms with E-state index in [1.165, 1.54) is 24.8 Å². The van der Waals surface area contributed by atoms with Crippen LogP contribution in [-0.2, 0) is 6.42 Å². The topological polar surface area (TPSA) is 58.1 Å². The van der Waals surface area contributed by atoms with Crippen molar-refractivity contribution in [2.75, 3.05) is 6.54 Å². The molecule has 0 aliphatic carbocycles. The Labute approximate surface area is 167 Å². The number of likely N-dealkylation sites (tertiary alicyclic amines) is 1. The van der Waals surface area contributed by atoms with E-state index in [1.807, 2.05) is 13.0 Å². The zero-order valence-corrected chi connectivity index (χ0v) is 16.9. The summed E-state index contributed by atoms with van der Waals surface area (Å²) in [6.45, 7) is 5.22. The minimum absolute atomic E-state index is 0.0181. The predicted molar refractivity (Wildman–Crippen MR) is 110 cm³/mol. The molecule has 1 aromatic heterocycles. The van der Waals surface area contributed by atoms with Gasteiger partial charge in [0, 0.05) is 17.8 Å². The summed E-state index contributed by atoms with van der Waals surface area (Å²) in [5.74, 6) is 0.0181. The third-order valence-corrected chi connectivity index (χ3v) is 6.36. The number of carbonyl (C=O) groups is 1. The lowest BCUT2D eigenvalue weighted by Gasteiger charge is -2.38. The van der Waals surface area contributed by atoms with Gasteiger partial charge in [-0.3, -0.25) is 9.78 Å². The normalized spacial score (nSPS) is 27.7. The molecule has 0 saturated carbocycles. The van der Waals surface area contributed by atoms with Gasteiger partial charge in [0.2, 0.25) is 0 Å². The largest absolute Gasteiger partial charge is 0.329 e. The maximum Gasteiger partial charge on any atom is 0.274 e. The van der Waals surface area contributed by atoms with Gasteiger partial charge in [0.15, 0.2) is 0 Å². The van der Waals surface area contributed by atoms with Crippen molar-refractivity contribution in [3.8, 4) is 0 Å². The minimum Gasteiger partial charge on any atom is -0.329 e. The van der Waals surface area contributed by atoms with Gasteiger partial charge in [-0.05, 0) is 51.6 Å². The zero-order chi connectivity index (χ0) is 19.6. The number of carbonyl (C=O) groups excluding carboxylic acids is 1. The summed E-state index contributed by atoms with van der Waals surface area (Å²) in [7, 11) is 0. The number of nitrogens with one attached hydrogen (secondary N) is 1. The van der Waals surface area contributed by atoms with E-state index in [0.29, 0.717) is 5.69 Å². The van der Waals surface area contributed by atoms with Crippen LogP contribution in [0.5, 0.6) is 0 Å². The molecule has 2 aliphatic rings. The molecule has 28 heavy (non-hydrogen) atoms. The van der Waals surface area contributed by atoms with E-state index in [9.17, 15) is 4.79 Å². The summed E-state index contributed by atoms with van der Waals surface area (Å²) >= 11 is 0. The van der Waals surface area contributed by atoms with E-state index in [4.69, 9.17) is 0 Å². The summed E-state index contributed by atoms with van der Waals surface area (Å²) in [6.07, 6.45) is 9.80. The molecule has 5 nitrogen and oxygen atoms in total. The number of hydrogen-bond acceptors (Lipinski definition) is 4. The highest BCUT2D eigenvalue weighted by molar-refractivity contribution is 5.93. The highest BCUT2D eigenvalue weighted by Gasteiger charge is 2.51. The van der Waals surface area contributed by atoms with E-state index in [2.05, 4.69) is 51.4 Å². The van der Waals surface area contributed by atoms with Gasteiger partial charge in [-0.25, -0.2) is 4.98 Å². The molecule has 2 fully saturated rings. The molecule has 0 bridgehead atoms. The molecule has 1 amide bonds. The lowest BCUT2D eigenvalue weighted by molar-refractivity contribution is 0.0607. The third kappa shape index (κ3) is 3.81. The van der Waals surface area contributed by atoms with Crippen molar-refractivity contribution >= 4 is 5.91 Å². The second kappa shape index (κ2) is 8.00. The maximum absolute atomic E-state index is 13.5. The number of aryl methyl sites for hydroxylation is 1. The van der Waals surface area contributed by atoms with Crippen LogP contribution in [-0.4, -0.2) is 44.9 Å². The first-order valence-corrected chi connectivity index (χ1v) is 10.5. The smallest absolute Gasteiger partial charge is 0.274 e. The molecule has 148 valence electrons. The summed E-state index contributed by atoms with van der Waals surface area (Å²) in [4.78, 5) is 24.4. The van der Waals surface area contributed by atoms with Gasteiger partial charge in [-0.1, -0.05) is 43.2 Å². The number of benzene rings is 1. The van der Waals surface area contributed by atoms with Crippen LogP contribution < -0.4 is 5.32 Å². The fraction of sp³-hybridized carbons (Fsp3) is 0.522. The fourth-order valence-corrected chi connectivity index (χ4v) is 4.95. The predicted octanol–water partition coefficient (Wildman–Crippen LogP) is 3.53. The van der Waals surface area contributed by atoms with Gasteiger partial charge in [0.05, 0.1) is 17.9 Å². The highest BCUT2D eigenvalue weighted by atomic mass is 16.2. The van der Waals surface area contributed by atoms with Crippen molar-refractivity contribution < 1.29 is 4.79 Å². The molecule has 0 spiro atoms. The Morgan fingerprint density at radius 2 is 2.00 bits per heavy atom. The van der Waals surface area contributed by atoms with Gasteiger partial charge < -0.3 is 10.2 Å². The lowest BCUT2D eigenvalue weighted by atomic mass is 9.85. The molecule has 5 heteroatoms. The van der Waals surface area contributed by atoms with Crippen LogP contribution >= 0.6 is 0 Å². The maximum atomic E-state index is 13.5. The Bertz CT molecular complexity index is 807. The molecule has 2 aromatic rings. The standard InChI is InChI=1S/C23H30N4O/c1-17-15-25-20(16-24-17)22(28)27-19(13-18-9-5-3-6-10-18)14-23(2)21(27)11-7-4-8-12-26-23/h3,5-6,9-10,15-16,19,21,26H,4,7-8,11-14H2,1-2H3/t19-,21+,23+/m1/s1. The quantitative estimate of drug-likeness (QED) is 0.888. The fourth-order valence-electron chi connectivity index (χ4n) is 4.95. The number of rotatable bonds is 3. The summed E-state index contributed by atoms with van der Waals surface area (Å²) in [5, 5.41) is 3.79. The average Bonchev–Trinajstić information content (AvgIpc) is 2.94.